The topological polar surface area (TPSA) is 133 Å². The highest BCUT2D eigenvalue weighted by molar-refractivity contribution is 7.92. The number of nitro benzene ring substituents is 2. The number of ether oxygens (including phenoxy) is 1. The van der Waals surface area contributed by atoms with E-state index in [0.717, 1.165) is 34.6 Å². The van der Waals surface area contributed by atoms with Gasteiger partial charge < -0.3 is 4.74 Å². The molecule has 0 aliphatic heterocycles. The number of rotatable bonds is 7. The molecule has 0 aliphatic carbocycles. The Balaban J connectivity index is 2.57. The van der Waals surface area contributed by atoms with Crippen LogP contribution in [-0.4, -0.2) is 31.9 Å². The summed E-state index contributed by atoms with van der Waals surface area (Å²) in [5, 5.41) is 21.7. The molecule has 2 aromatic carbocycles. The number of non-ortho nitro benzene ring substituents is 2. The fourth-order valence-electron chi connectivity index (χ4n) is 2.32. The molecule has 11 heteroatoms. The maximum Gasteiger partial charge on any atom is 0.271 e. The van der Waals surface area contributed by atoms with E-state index in [1.807, 2.05) is 0 Å². The molecule has 26 heavy (non-hydrogen) atoms. The number of sulfonamides is 1. The quantitative estimate of drug-likeness (QED) is 0.532. The molecule has 0 fully saturated rings. The number of methoxy groups -OCH3 is 1. The Bertz CT molecular complexity index is 942. The van der Waals surface area contributed by atoms with Gasteiger partial charge in [-0.2, -0.15) is 0 Å². The zero-order valence-corrected chi connectivity index (χ0v) is 14.7. The van der Waals surface area contributed by atoms with Crippen LogP contribution in [-0.2, 0) is 10.0 Å². The van der Waals surface area contributed by atoms with Gasteiger partial charge in [-0.3, -0.25) is 24.5 Å². The van der Waals surface area contributed by atoms with E-state index in [-0.39, 0.29) is 34.3 Å². The Labute approximate surface area is 149 Å². The lowest BCUT2D eigenvalue weighted by Crippen LogP contribution is -2.31. The third-order valence-electron chi connectivity index (χ3n) is 3.56. The molecule has 0 spiro atoms. The first kappa shape index (κ1) is 19.1. The van der Waals surface area contributed by atoms with Crippen LogP contribution in [0.1, 0.15) is 6.92 Å². The van der Waals surface area contributed by atoms with Crippen LogP contribution < -0.4 is 9.04 Å². The zero-order valence-electron chi connectivity index (χ0n) is 13.9. The number of benzene rings is 2. The average Bonchev–Trinajstić information content (AvgIpc) is 2.62. The van der Waals surface area contributed by atoms with Gasteiger partial charge >= 0.3 is 0 Å². The highest BCUT2D eigenvalue weighted by Crippen LogP contribution is 2.35. The first-order valence-electron chi connectivity index (χ1n) is 7.32. The van der Waals surface area contributed by atoms with Crippen molar-refractivity contribution in [1.82, 2.24) is 0 Å². The predicted molar refractivity (Wildman–Crippen MR) is 93.0 cm³/mol. The van der Waals surface area contributed by atoms with Crippen molar-refractivity contribution in [1.29, 1.82) is 0 Å². The Morgan fingerprint density at radius 1 is 1.00 bits per heavy atom. The van der Waals surface area contributed by atoms with Gasteiger partial charge in [0.15, 0.2) is 0 Å². The Morgan fingerprint density at radius 3 is 2.00 bits per heavy atom. The molecule has 0 N–H and O–H groups in total. The molecule has 0 atom stereocenters. The molecule has 0 aromatic heterocycles. The molecular formula is C15H15N3O7S. The highest BCUT2D eigenvalue weighted by atomic mass is 32.2. The molecule has 2 rings (SSSR count). The molecule has 138 valence electrons. The maximum atomic E-state index is 12.9. The number of anilines is 1. The van der Waals surface area contributed by atoms with Crippen LogP contribution in [0.2, 0.25) is 0 Å². The molecule has 0 amide bonds. The van der Waals surface area contributed by atoms with E-state index in [4.69, 9.17) is 4.74 Å². The Kier molecular flexibility index (Phi) is 5.41. The maximum absolute atomic E-state index is 12.9. The SMILES string of the molecule is CCN(c1cc([N+](=O)[O-])ccc1OC)S(=O)(=O)c1ccc([N+](=O)[O-])cc1. The first-order valence-corrected chi connectivity index (χ1v) is 8.76. The van der Waals surface area contributed by atoms with E-state index in [0.29, 0.717) is 0 Å². The smallest absolute Gasteiger partial charge is 0.271 e. The van der Waals surface area contributed by atoms with Gasteiger partial charge in [0.25, 0.3) is 21.4 Å². The third kappa shape index (κ3) is 3.57. The molecule has 0 radical (unpaired) electrons. The van der Waals surface area contributed by atoms with Gasteiger partial charge in [0, 0.05) is 30.8 Å². The van der Waals surface area contributed by atoms with Crippen LogP contribution in [0, 0.1) is 20.2 Å². The van der Waals surface area contributed by atoms with E-state index >= 15 is 0 Å². The largest absolute Gasteiger partial charge is 0.495 e. The molecule has 0 unspecified atom stereocenters. The van der Waals surface area contributed by atoms with Crippen molar-refractivity contribution in [2.24, 2.45) is 0 Å². The van der Waals surface area contributed by atoms with Gasteiger partial charge in [-0.1, -0.05) is 0 Å². The molecule has 2 aromatic rings. The number of hydrogen-bond acceptors (Lipinski definition) is 7. The zero-order chi connectivity index (χ0) is 19.5. The molecule has 0 saturated carbocycles. The van der Waals surface area contributed by atoms with Gasteiger partial charge in [-0.05, 0) is 25.1 Å². The van der Waals surface area contributed by atoms with Crippen molar-refractivity contribution in [2.45, 2.75) is 11.8 Å². The van der Waals surface area contributed by atoms with Crippen LogP contribution in [0.5, 0.6) is 5.75 Å². The summed E-state index contributed by atoms with van der Waals surface area (Å²) in [7, 11) is -2.80. The van der Waals surface area contributed by atoms with Crippen LogP contribution in [0.25, 0.3) is 0 Å². The van der Waals surface area contributed by atoms with Crippen molar-refractivity contribution < 1.29 is 23.0 Å². The lowest BCUT2D eigenvalue weighted by Gasteiger charge is -2.24. The number of nitrogens with zero attached hydrogens (tertiary/aromatic N) is 3. The summed E-state index contributed by atoms with van der Waals surface area (Å²) in [6.45, 7) is 1.53. The fourth-order valence-corrected chi connectivity index (χ4v) is 3.80. The monoisotopic (exact) mass is 381 g/mol. The number of nitro groups is 2. The van der Waals surface area contributed by atoms with E-state index < -0.39 is 19.9 Å². The second kappa shape index (κ2) is 7.35. The normalized spacial score (nSPS) is 11.0. The summed E-state index contributed by atoms with van der Waals surface area (Å²) < 4.78 is 31.9. The van der Waals surface area contributed by atoms with Gasteiger partial charge in [0.2, 0.25) is 0 Å². The molecule has 0 heterocycles. The van der Waals surface area contributed by atoms with Crippen molar-refractivity contribution in [3.8, 4) is 5.75 Å². The van der Waals surface area contributed by atoms with E-state index in [2.05, 4.69) is 0 Å². The average molecular weight is 381 g/mol. The van der Waals surface area contributed by atoms with E-state index in [1.165, 1.54) is 19.2 Å². The summed E-state index contributed by atoms with van der Waals surface area (Å²) in [6, 6.07) is 7.98. The molecule has 0 saturated heterocycles. The predicted octanol–water partition coefficient (Wildman–Crippen LogP) is 2.73. The van der Waals surface area contributed by atoms with Gasteiger partial charge in [-0.15, -0.1) is 0 Å². The van der Waals surface area contributed by atoms with Gasteiger partial charge in [0.05, 0.1) is 21.9 Å². The van der Waals surface area contributed by atoms with Crippen LogP contribution in [0.3, 0.4) is 0 Å². The molecule has 0 bridgehead atoms. The summed E-state index contributed by atoms with van der Waals surface area (Å²) in [4.78, 5) is 20.3. The first-order chi connectivity index (χ1) is 12.2. The molecule has 10 nitrogen and oxygen atoms in total. The fraction of sp³-hybridized carbons (Fsp3) is 0.200. The summed E-state index contributed by atoms with van der Waals surface area (Å²) >= 11 is 0. The lowest BCUT2D eigenvalue weighted by atomic mass is 10.2. The van der Waals surface area contributed by atoms with E-state index in [9.17, 15) is 28.6 Å². The van der Waals surface area contributed by atoms with Crippen molar-refractivity contribution >= 4 is 27.1 Å². The Hall–Kier alpha value is -3.21. The second-order valence-electron chi connectivity index (χ2n) is 5.03. The van der Waals surface area contributed by atoms with Gasteiger partial charge in [-0.25, -0.2) is 8.42 Å². The minimum absolute atomic E-state index is 0.00236. The molecule has 0 aliphatic rings. The summed E-state index contributed by atoms with van der Waals surface area (Å²) in [5.74, 6) is 0.142. The Morgan fingerprint density at radius 2 is 1.54 bits per heavy atom. The lowest BCUT2D eigenvalue weighted by molar-refractivity contribution is -0.385. The standard InChI is InChI=1S/C15H15N3O7S/c1-3-16(14-10-12(18(21)22)6-9-15(14)25-2)26(23,24)13-7-4-11(5-8-13)17(19)20/h4-10H,3H2,1-2H3. The van der Waals surface area contributed by atoms with Crippen LogP contribution in [0.4, 0.5) is 17.1 Å². The highest BCUT2D eigenvalue weighted by Gasteiger charge is 2.28. The number of hydrogen-bond donors (Lipinski definition) is 0. The van der Waals surface area contributed by atoms with Crippen LogP contribution >= 0.6 is 0 Å². The minimum atomic E-state index is -4.11. The molecular weight excluding hydrogens is 366 g/mol. The third-order valence-corrected chi connectivity index (χ3v) is 5.47. The van der Waals surface area contributed by atoms with Crippen molar-refractivity contribution in [2.75, 3.05) is 18.0 Å². The summed E-state index contributed by atoms with van der Waals surface area (Å²) in [6.07, 6.45) is 0. The van der Waals surface area contributed by atoms with Crippen molar-refractivity contribution in [3.63, 3.8) is 0 Å². The van der Waals surface area contributed by atoms with Crippen LogP contribution in [0.15, 0.2) is 47.4 Å². The summed E-state index contributed by atoms with van der Waals surface area (Å²) in [5.41, 5.74) is -0.541. The second-order valence-corrected chi connectivity index (χ2v) is 6.90. The minimum Gasteiger partial charge on any atom is -0.495 e. The van der Waals surface area contributed by atoms with E-state index in [1.54, 1.807) is 6.92 Å². The van der Waals surface area contributed by atoms with Gasteiger partial charge in [0.1, 0.15) is 11.4 Å². The van der Waals surface area contributed by atoms with Crippen molar-refractivity contribution in [3.05, 3.63) is 62.7 Å².